The molecular formula is C16H13F3N6. The van der Waals surface area contributed by atoms with Crippen molar-refractivity contribution in [1.29, 1.82) is 0 Å². The molecule has 0 fully saturated rings. The van der Waals surface area contributed by atoms with E-state index >= 15 is 0 Å². The second kappa shape index (κ2) is 7.12. The van der Waals surface area contributed by atoms with E-state index in [-0.39, 0.29) is 5.95 Å². The largest absolute Gasteiger partial charge is 0.416 e. The Balaban J connectivity index is 1.65. The van der Waals surface area contributed by atoms with Gasteiger partial charge in [0.15, 0.2) is 5.82 Å². The molecule has 1 aromatic carbocycles. The minimum Gasteiger partial charge on any atom is -0.364 e. The van der Waals surface area contributed by atoms with Crippen LogP contribution in [0.2, 0.25) is 0 Å². The lowest BCUT2D eigenvalue weighted by Gasteiger charge is -2.09. The molecule has 0 saturated carbocycles. The Morgan fingerprint density at radius 1 is 1.00 bits per heavy atom. The van der Waals surface area contributed by atoms with Gasteiger partial charge in [0.25, 0.3) is 0 Å². The molecule has 3 rings (SSSR count). The Hall–Kier alpha value is -3.23. The number of nitrogens with zero attached hydrogens (tertiary/aromatic N) is 4. The van der Waals surface area contributed by atoms with Gasteiger partial charge in [-0.05, 0) is 35.9 Å². The maximum Gasteiger partial charge on any atom is 0.416 e. The van der Waals surface area contributed by atoms with Crippen molar-refractivity contribution >= 4 is 17.5 Å². The van der Waals surface area contributed by atoms with Gasteiger partial charge in [-0.2, -0.15) is 23.3 Å². The summed E-state index contributed by atoms with van der Waals surface area (Å²) in [6.45, 7) is 0.506. The third-order valence-electron chi connectivity index (χ3n) is 3.22. The van der Waals surface area contributed by atoms with Gasteiger partial charge in [0, 0.05) is 24.6 Å². The molecule has 0 radical (unpaired) electrons. The van der Waals surface area contributed by atoms with Crippen molar-refractivity contribution in [3.63, 3.8) is 0 Å². The Morgan fingerprint density at radius 3 is 2.48 bits per heavy atom. The van der Waals surface area contributed by atoms with Gasteiger partial charge in [-0.15, -0.1) is 5.10 Å². The lowest BCUT2D eigenvalue weighted by Crippen LogP contribution is -2.06. The fourth-order valence-electron chi connectivity index (χ4n) is 2.01. The lowest BCUT2D eigenvalue weighted by atomic mass is 10.2. The quantitative estimate of drug-likeness (QED) is 0.735. The number of anilines is 3. The summed E-state index contributed by atoms with van der Waals surface area (Å²) in [7, 11) is 0. The molecule has 2 heterocycles. The van der Waals surface area contributed by atoms with Crippen LogP contribution in [0.15, 0.2) is 55.0 Å². The lowest BCUT2D eigenvalue weighted by molar-refractivity contribution is -0.137. The van der Waals surface area contributed by atoms with E-state index in [0.717, 1.165) is 17.7 Å². The molecule has 2 N–H and O–H groups in total. The van der Waals surface area contributed by atoms with Crippen LogP contribution in [0.5, 0.6) is 0 Å². The molecule has 2 aromatic heterocycles. The van der Waals surface area contributed by atoms with Gasteiger partial charge in [-0.3, -0.25) is 4.98 Å². The third kappa shape index (κ3) is 4.63. The van der Waals surface area contributed by atoms with E-state index in [4.69, 9.17) is 0 Å². The van der Waals surface area contributed by atoms with E-state index < -0.39 is 11.7 Å². The van der Waals surface area contributed by atoms with Gasteiger partial charge < -0.3 is 10.6 Å². The Morgan fingerprint density at radius 2 is 1.80 bits per heavy atom. The fourth-order valence-corrected chi connectivity index (χ4v) is 2.01. The molecule has 0 aliphatic heterocycles. The molecule has 0 atom stereocenters. The minimum atomic E-state index is -4.37. The van der Waals surface area contributed by atoms with Crippen molar-refractivity contribution in [2.24, 2.45) is 0 Å². The first-order valence-electron chi connectivity index (χ1n) is 7.27. The maximum atomic E-state index is 12.6. The van der Waals surface area contributed by atoms with E-state index in [1.807, 2.05) is 12.1 Å². The van der Waals surface area contributed by atoms with Crippen LogP contribution in [0, 0.1) is 0 Å². The number of hydrogen-bond acceptors (Lipinski definition) is 6. The van der Waals surface area contributed by atoms with Crippen LogP contribution < -0.4 is 10.6 Å². The van der Waals surface area contributed by atoms with Crippen LogP contribution in [0.1, 0.15) is 11.1 Å². The molecule has 0 spiro atoms. The SMILES string of the molecule is FC(F)(F)c1ccc(Nc2nncc(NCc3cccnc3)n2)cc1. The monoisotopic (exact) mass is 346 g/mol. The van der Waals surface area contributed by atoms with Crippen molar-refractivity contribution < 1.29 is 13.2 Å². The normalized spacial score (nSPS) is 11.2. The van der Waals surface area contributed by atoms with Crippen molar-refractivity contribution in [3.05, 3.63) is 66.1 Å². The summed E-state index contributed by atoms with van der Waals surface area (Å²) in [5, 5.41) is 13.5. The molecule has 0 bridgehead atoms. The van der Waals surface area contributed by atoms with E-state index in [0.29, 0.717) is 18.1 Å². The van der Waals surface area contributed by atoms with Gasteiger partial charge >= 0.3 is 6.18 Å². The second-order valence-electron chi connectivity index (χ2n) is 5.08. The van der Waals surface area contributed by atoms with E-state index in [1.165, 1.54) is 18.3 Å². The predicted molar refractivity (Wildman–Crippen MR) is 86.1 cm³/mol. The number of rotatable bonds is 5. The molecule has 0 aliphatic carbocycles. The number of nitrogens with one attached hydrogen (secondary N) is 2. The molecular weight excluding hydrogens is 333 g/mol. The number of benzene rings is 1. The highest BCUT2D eigenvalue weighted by Gasteiger charge is 2.29. The molecule has 9 heteroatoms. The van der Waals surface area contributed by atoms with Crippen LogP contribution in [-0.2, 0) is 12.7 Å². The van der Waals surface area contributed by atoms with Gasteiger partial charge in [-0.1, -0.05) is 6.07 Å². The summed E-state index contributed by atoms with van der Waals surface area (Å²) in [6.07, 6.45) is 0.492. The predicted octanol–water partition coefficient (Wildman–Crippen LogP) is 3.64. The van der Waals surface area contributed by atoms with Crippen LogP contribution in [0.3, 0.4) is 0 Å². The smallest absolute Gasteiger partial charge is 0.364 e. The first kappa shape index (κ1) is 16.6. The zero-order valence-corrected chi connectivity index (χ0v) is 12.8. The first-order chi connectivity index (χ1) is 12.0. The number of hydrogen-bond donors (Lipinski definition) is 2. The number of pyridine rings is 1. The summed E-state index contributed by atoms with van der Waals surface area (Å²) < 4.78 is 37.7. The number of halogens is 3. The van der Waals surface area contributed by atoms with Crippen LogP contribution in [-0.4, -0.2) is 20.2 Å². The number of aromatic nitrogens is 4. The van der Waals surface area contributed by atoms with E-state index in [1.54, 1.807) is 12.4 Å². The summed E-state index contributed by atoms with van der Waals surface area (Å²) in [5.74, 6) is 0.657. The molecule has 3 aromatic rings. The first-order valence-corrected chi connectivity index (χ1v) is 7.27. The summed E-state index contributed by atoms with van der Waals surface area (Å²) in [4.78, 5) is 8.23. The maximum absolute atomic E-state index is 12.6. The topological polar surface area (TPSA) is 75.6 Å². The molecule has 25 heavy (non-hydrogen) atoms. The van der Waals surface area contributed by atoms with Gasteiger partial charge in [0.2, 0.25) is 5.95 Å². The van der Waals surface area contributed by atoms with Gasteiger partial charge in [0.1, 0.15) is 0 Å². The highest BCUT2D eigenvalue weighted by Crippen LogP contribution is 2.30. The van der Waals surface area contributed by atoms with Crippen LogP contribution >= 0.6 is 0 Å². The molecule has 0 saturated heterocycles. The second-order valence-corrected chi connectivity index (χ2v) is 5.08. The Bertz CT molecular complexity index is 821. The molecule has 6 nitrogen and oxygen atoms in total. The van der Waals surface area contributed by atoms with Crippen LogP contribution in [0.25, 0.3) is 0 Å². The minimum absolute atomic E-state index is 0.177. The number of alkyl halides is 3. The average molecular weight is 346 g/mol. The highest BCUT2D eigenvalue weighted by atomic mass is 19.4. The highest BCUT2D eigenvalue weighted by molar-refractivity contribution is 5.54. The zero-order valence-electron chi connectivity index (χ0n) is 12.8. The van der Waals surface area contributed by atoms with E-state index in [9.17, 15) is 13.2 Å². The fraction of sp³-hybridized carbons (Fsp3) is 0.125. The zero-order chi connectivity index (χ0) is 17.7. The van der Waals surface area contributed by atoms with Crippen molar-refractivity contribution in [1.82, 2.24) is 20.2 Å². The molecule has 128 valence electrons. The van der Waals surface area contributed by atoms with Crippen molar-refractivity contribution in [2.45, 2.75) is 12.7 Å². The summed E-state index contributed by atoms with van der Waals surface area (Å²) in [6, 6.07) is 8.33. The van der Waals surface area contributed by atoms with Crippen molar-refractivity contribution in [2.75, 3.05) is 10.6 Å². The molecule has 0 aliphatic rings. The summed E-state index contributed by atoms with van der Waals surface area (Å²) in [5.41, 5.74) is 0.682. The van der Waals surface area contributed by atoms with Gasteiger partial charge in [-0.25, -0.2) is 0 Å². The van der Waals surface area contributed by atoms with E-state index in [2.05, 4.69) is 30.8 Å². The summed E-state index contributed by atoms with van der Waals surface area (Å²) >= 11 is 0. The Labute approximate surface area is 141 Å². The van der Waals surface area contributed by atoms with Gasteiger partial charge in [0.05, 0.1) is 11.8 Å². The van der Waals surface area contributed by atoms with Crippen molar-refractivity contribution in [3.8, 4) is 0 Å². The third-order valence-corrected chi connectivity index (χ3v) is 3.22. The molecule has 0 unspecified atom stereocenters. The molecule has 0 amide bonds. The average Bonchev–Trinajstić information content (AvgIpc) is 2.61. The van der Waals surface area contributed by atoms with Crippen LogP contribution in [0.4, 0.5) is 30.6 Å². The standard InChI is InChI=1S/C16H13F3N6/c17-16(18,19)12-3-5-13(6-4-12)23-15-24-14(10-22-25-15)21-9-11-2-1-7-20-8-11/h1-8,10H,9H2,(H2,21,23,24,25). The Kier molecular flexibility index (Phi) is 4.73.